The second kappa shape index (κ2) is 4.81. The minimum absolute atomic E-state index is 0.0805. The highest BCUT2D eigenvalue weighted by atomic mass is 16.2. The Kier molecular flexibility index (Phi) is 3.57. The summed E-state index contributed by atoms with van der Waals surface area (Å²) in [7, 11) is 3.62. The van der Waals surface area contributed by atoms with Gasteiger partial charge in [0.25, 0.3) is 0 Å². The van der Waals surface area contributed by atoms with Crippen molar-refractivity contribution in [2.45, 2.75) is 38.8 Å². The molecule has 5 unspecified atom stereocenters. The van der Waals surface area contributed by atoms with Crippen molar-refractivity contribution in [3.8, 4) is 0 Å². The van der Waals surface area contributed by atoms with Gasteiger partial charge in [-0.1, -0.05) is 12.2 Å². The molecule has 0 aliphatic heterocycles. The van der Waals surface area contributed by atoms with E-state index in [1.165, 1.54) is 12.8 Å². The first-order chi connectivity index (χ1) is 7.99. The number of carbonyl (C=O) groups is 1. The van der Waals surface area contributed by atoms with Crippen LogP contribution in [-0.4, -0.2) is 37.0 Å². The molecule has 1 N–H and O–H groups in total. The molecule has 0 aromatic rings. The highest BCUT2D eigenvalue weighted by molar-refractivity contribution is 5.80. The number of hydrogen-bond donors (Lipinski definition) is 1. The van der Waals surface area contributed by atoms with Crippen LogP contribution >= 0.6 is 0 Å². The summed E-state index contributed by atoms with van der Waals surface area (Å²) in [5.41, 5.74) is 0. The van der Waals surface area contributed by atoms with Gasteiger partial charge in [-0.05, 0) is 44.4 Å². The summed E-state index contributed by atoms with van der Waals surface area (Å²) in [6, 6.07) is 0.344. The zero-order valence-electron chi connectivity index (χ0n) is 11.3. The molecule has 5 atom stereocenters. The maximum absolute atomic E-state index is 11.8. The van der Waals surface area contributed by atoms with Crippen molar-refractivity contribution in [1.29, 1.82) is 0 Å². The first-order valence-electron chi connectivity index (χ1n) is 6.64. The van der Waals surface area contributed by atoms with Crippen molar-refractivity contribution < 1.29 is 4.79 Å². The fourth-order valence-corrected chi connectivity index (χ4v) is 3.37. The van der Waals surface area contributed by atoms with Crippen LogP contribution in [0.4, 0.5) is 0 Å². The molecule has 0 radical (unpaired) electrons. The lowest BCUT2D eigenvalue weighted by molar-refractivity contribution is -0.130. The van der Waals surface area contributed by atoms with E-state index in [1.807, 2.05) is 21.0 Å². The summed E-state index contributed by atoms with van der Waals surface area (Å²) in [5, 5.41) is 3.46. The van der Waals surface area contributed by atoms with Crippen LogP contribution in [-0.2, 0) is 4.79 Å². The number of allylic oxidation sites excluding steroid dienone is 2. The number of fused-ring (bicyclic) bond motifs is 2. The molecule has 3 heteroatoms. The van der Waals surface area contributed by atoms with Gasteiger partial charge in [0.1, 0.15) is 0 Å². The predicted octanol–water partition coefficient (Wildman–Crippen LogP) is 1.65. The van der Waals surface area contributed by atoms with Gasteiger partial charge in [0.05, 0.1) is 6.04 Å². The summed E-state index contributed by atoms with van der Waals surface area (Å²) in [4.78, 5) is 13.5. The Labute approximate surface area is 104 Å². The monoisotopic (exact) mass is 236 g/mol. The van der Waals surface area contributed by atoms with Crippen molar-refractivity contribution in [3.63, 3.8) is 0 Å². The van der Waals surface area contributed by atoms with Crippen LogP contribution < -0.4 is 5.32 Å². The van der Waals surface area contributed by atoms with Gasteiger partial charge in [-0.3, -0.25) is 4.79 Å². The predicted molar refractivity (Wildman–Crippen MR) is 69.6 cm³/mol. The average molecular weight is 236 g/mol. The number of nitrogens with one attached hydrogen (secondary N) is 1. The van der Waals surface area contributed by atoms with Crippen LogP contribution in [0, 0.1) is 17.8 Å². The molecule has 1 amide bonds. The molecule has 17 heavy (non-hydrogen) atoms. The van der Waals surface area contributed by atoms with E-state index in [2.05, 4.69) is 24.4 Å². The minimum Gasteiger partial charge on any atom is -0.347 e. The van der Waals surface area contributed by atoms with Crippen LogP contribution in [0.5, 0.6) is 0 Å². The number of hydrogen-bond acceptors (Lipinski definition) is 2. The molecule has 2 rings (SSSR count). The third-order valence-electron chi connectivity index (χ3n) is 4.30. The number of likely N-dealkylation sites (N-methyl/N-ethyl adjacent to an activating group) is 1. The zero-order chi connectivity index (χ0) is 12.6. The van der Waals surface area contributed by atoms with E-state index >= 15 is 0 Å². The second-order valence-corrected chi connectivity index (χ2v) is 5.85. The Morgan fingerprint density at radius 3 is 2.47 bits per heavy atom. The Morgan fingerprint density at radius 2 is 2.00 bits per heavy atom. The zero-order valence-corrected chi connectivity index (χ0v) is 11.3. The first-order valence-corrected chi connectivity index (χ1v) is 6.64. The molecule has 1 saturated carbocycles. The Morgan fingerprint density at radius 1 is 1.29 bits per heavy atom. The summed E-state index contributed by atoms with van der Waals surface area (Å²) < 4.78 is 0. The maximum atomic E-state index is 11.8. The highest BCUT2D eigenvalue weighted by Crippen LogP contribution is 2.44. The van der Waals surface area contributed by atoms with Crippen LogP contribution in [0.3, 0.4) is 0 Å². The highest BCUT2D eigenvalue weighted by Gasteiger charge is 2.38. The third kappa shape index (κ3) is 2.54. The lowest BCUT2D eigenvalue weighted by Gasteiger charge is -2.29. The topological polar surface area (TPSA) is 32.3 Å². The van der Waals surface area contributed by atoms with Crippen molar-refractivity contribution in [1.82, 2.24) is 10.2 Å². The van der Waals surface area contributed by atoms with Crippen molar-refractivity contribution in [3.05, 3.63) is 12.2 Å². The van der Waals surface area contributed by atoms with Gasteiger partial charge in [0, 0.05) is 20.1 Å². The second-order valence-electron chi connectivity index (χ2n) is 5.85. The minimum atomic E-state index is -0.0805. The normalized spacial score (nSPS) is 33.8. The fraction of sp³-hybridized carbons (Fsp3) is 0.786. The Hall–Kier alpha value is -0.830. The summed E-state index contributed by atoms with van der Waals surface area (Å²) in [5.74, 6) is 2.41. The lowest BCUT2D eigenvalue weighted by atomic mass is 9.87. The number of carbonyl (C=O) groups excluding carboxylic acids is 1. The molecule has 2 aliphatic carbocycles. The summed E-state index contributed by atoms with van der Waals surface area (Å²) in [6.07, 6.45) is 7.35. The van der Waals surface area contributed by atoms with Gasteiger partial charge in [0.15, 0.2) is 0 Å². The fourth-order valence-electron chi connectivity index (χ4n) is 3.37. The third-order valence-corrected chi connectivity index (χ3v) is 4.30. The van der Waals surface area contributed by atoms with E-state index in [4.69, 9.17) is 0 Å². The summed E-state index contributed by atoms with van der Waals surface area (Å²) in [6.45, 7) is 4.18. The van der Waals surface area contributed by atoms with E-state index < -0.39 is 0 Å². The van der Waals surface area contributed by atoms with Crippen molar-refractivity contribution in [2.24, 2.45) is 17.8 Å². The van der Waals surface area contributed by atoms with Gasteiger partial charge in [-0.15, -0.1) is 0 Å². The Bertz CT molecular complexity index is 324. The van der Waals surface area contributed by atoms with Crippen LogP contribution in [0.2, 0.25) is 0 Å². The molecule has 0 aromatic carbocycles. The SMILES string of the molecule is CC(NC(C)C1CC2C=CC1C2)C(=O)N(C)C. The smallest absolute Gasteiger partial charge is 0.238 e. The molecule has 3 nitrogen and oxygen atoms in total. The van der Waals surface area contributed by atoms with Crippen LogP contribution in [0.15, 0.2) is 12.2 Å². The molecular formula is C14H24N2O. The van der Waals surface area contributed by atoms with Gasteiger partial charge >= 0.3 is 0 Å². The van der Waals surface area contributed by atoms with Crippen molar-refractivity contribution >= 4 is 5.91 Å². The first kappa shape index (κ1) is 12.6. The van der Waals surface area contributed by atoms with E-state index in [9.17, 15) is 4.79 Å². The number of rotatable bonds is 4. The molecule has 0 spiro atoms. The molecule has 0 aromatic heterocycles. The standard InChI is InChI=1S/C14H24N2O/c1-9(15-10(2)14(17)16(3)4)13-8-11-5-6-12(13)7-11/h5-6,9-13,15H,7-8H2,1-4H3. The molecule has 2 bridgehead atoms. The largest absolute Gasteiger partial charge is 0.347 e. The number of nitrogens with zero attached hydrogens (tertiary/aromatic N) is 1. The molecule has 2 aliphatic rings. The van der Waals surface area contributed by atoms with E-state index in [0.717, 1.165) is 11.8 Å². The van der Waals surface area contributed by atoms with Crippen molar-refractivity contribution in [2.75, 3.05) is 14.1 Å². The number of amides is 1. The Balaban J connectivity index is 1.87. The van der Waals surface area contributed by atoms with Gasteiger partial charge in [-0.25, -0.2) is 0 Å². The van der Waals surface area contributed by atoms with E-state index in [1.54, 1.807) is 4.90 Å². The summed E-state index contributed by atoms with van der Waals surface area (Å²) >= 11 is 0. The van der Waals surface area contributed by atoms with E-state index in [-0.39, 0.29) is 11.9 Å². The molecule has 0 heterocycles. The molecule has 0 saturated heterocycles. The molecular weight excluding hydrogens is 212 g/mol. The van der Waals surface area contributed by atoms with Gasteiger partial charge in [0.2, 0.25) is 5.91 Å². The van der Waals surface area contributed by atoms with Gasteiger partial charge in [-0.2, -0.15) is 0 Å². The molecule has 96 valence electrons. The maximum Gasteiger partial charge on any atom is 0.238 e. The lowest BCUT2D eigenvalue weighted by Crippen LogP contribution is -2.48. The van der Waals surface area contributed by atoms with Crippen LogP contribution in [0.1, 0.15) is 26.7 Å². The van der Waals surface area contributed by atoms with E-state index in [0.29, 0.717) is 12.0 Å². The van der Waals surface area contributed by atoms with Gasteiger partial charge < -0.3 is 10.2 Å². The average Bonchev–Trinajstić information content (AvgIpc) is 2.89. The molecule has 1 fully saturated rings. The quantitative estimate of drug-likeness (QED) is 0.753. The van der Waals surface area contributed by atoms with Crippen LogP contribution in [0.25, 0.3) is 0 Å².